The Hall–Kier alpha value is -0.620. The number of anilines is 1. The molecule has 0 saturated carbocycles. The highest BCUT2D eigenvalue weighted by Crippen LogP contribution is 2.31. The standard InChI is InChI=1S/C9H9F4NS.ClH/c1-5-2-6(10)7(14)3-8(5)15-4-9(11,12)13;/h2-3H,4,14H2,1H3;1H. The van der Waals surface area contributed by atoms with Crippen molar-refractivity contribution in [2.24, 2.45) is 0 Å². The average molecular weight is 276 g/mol. The van der Waals surface area contributed by atoms with E-state index in [1.807, 2.05) is 0 Å². The van der Waals surface area contributed by atoms with Gasteiger partial charge in [-0.05, 0) is 24.6 Å². The van der Waals surface area contributed by atoms with Crippen LogP contribution in [0.25, 0.3) is 0 Å². The number of aryl methyl sites for hydroxylation is 1. The number of benzene rings is 1. The highest BCUT2D eigenvalue weighted by atomic mass is 35.5. The van der Waals surface area contributed by atoms with Crippen molar-refractivity contribution in [3.63, 3.8) is 0 Å². The zero-order chi connectivity index (χ0) is 11.6. The van der Waals surface area contributed by atoms with Gasteiger partial charge in [-0.3, -0.25) is 0 Å². The molecule has 0 fully saturated rings. The van der Waals surface area contributed by atoms with E-state index in [9.17, 15) is 17.6 Å². The van der Waals surface area contributed by atoms with E-state index in [1.54, 1.807) is 6.92 Å². The summed E-state index contributed by atoms with van der Waals surface area (Å²) >= 11 is 0.605. The van der Waals surface area contributed by atoms with Crippen LogP contribution in [0.4, 0.5) is 23.2 Å². The van der Waals surface area contributed by atoms with Gasteiger partial charge in [-0.25, -0.2) is 4.39 Å². The van der Waals surface area contributed by atoms with E-state index in [4.69, 9.17) is 5.73 Å². The van der Waals surface area contributed by atoms with Gasteiger partial charge in [-0.1, -0.05) is 0 Å². The van der Waals surface area contributed by atoms with Crippen molar-refractivity contribution >= 4 is 29.9 Å². The van der Waals surface area contributed by atoms with Crippen LogP contribution in [0.1, 0.15) is 5.56 Å². The fourth-order valence-corrected chi connectivity index (χ4v) is 1.80. The van der Waals surface area contributed by atoms with Crippen molar-refractivity contribution in [2.75, 3.05) is 11.5 Å². The van der Waals surface area contributed by atoms with Gasteiger partial charge in [0.25, 0.3) is 0 Å². The molecule has 2 N–H and O–H groups in total. The van der Waals surface area contributed by atoms with Gasteiger partial charge in [0.2, 0.25) is 0 Å². The summed E-state index contributed by atoms with van der Waals surface area (Å²) in [5.41, 5.74) is 5.58. The third kappa shape index (κ3) is 4.49. The van der Waals surface area contributed by atoms with Gasteiger partial charge in [-0.15, -0.1) is 24.2 Å². The molecule has 0 aliphatic rings. The molecule has 0 aromatic heterocycles. The second kappa shape index (κ2) is 5.63. The van der Waals surface area contributed by atoms with Crippen molar-refractivity contribution < 1.29 is 17.6 Å². The topological polar surface area (TPSA) is 26.0 Å². The average Bonchev–Trinajstić information content (AvgIpc) is 2.07. The lowest BCUT2D eigenvalue weighted by Crippen LogP contribution is -2.10. The second-order valence-corrected chi connectivity index (χ2v) is 4.06. The lowest BCUT2D eigenvalue weighted by Gasteiger charge is -2.09. The predicted octanol–water partition coefficient (Wildman–Crippen LogP) is 3.79. The van der Waals surface area contributed by atoms with E-state index in [2.05, 4.69) is 0 Å². The highest BCUT2D eigenvalue weighted by Gasteiger charge is 2.27. The highest BCUT2D eigenvalue weighted by molar-refractivity contribution is 7.99. The Morgan fingerprint density at radius 3 is 2.38 bits per heavy atom. The Balaban J connectivity index is 0.00000225. The van der Waals surface area contributed by atoms with Crippen LogP contribution in [0.3, 0.4) is 0 Å². The van der Waals surface area contributed by atoms with E-state index >= 15 is 0 Å². The Kier molecular flexibility index (Phi) is 5.41. The summed E-state index contributed by atoms with van der Waals surface area (Å²) in [6.45, 7) is 1.54. The molecule has 0 atom stereocenters. The van der Waals surface area contributed by atoms with Gasteiger partial charge >= 0.3 is 6.18 Å². The van der Waals surface area contributed by atoms with E-state index in [-0.39, 0.29) is 18.1 Å². The molecule has 0 radical (unpaired) electrons. The van der Waals surface area contributed by atoms with Gasteiger partial charge in [0.05, 0.1) is 11.4 Å². The Morgan fingerprint density at radius 1 is 1.31 bits per heavy atom. The van der Waals surface area contributed by atoms with Gasteiger partial charge < -0.3 is 5.73 Å². The molecule has 1 rings (SSSR count). The molecule has 7 heteroatoms. The molecular weight excluding hydrogens is 266 g/mol. The van der Waals surface area contributed by atoms with Crippen LogP contribution >= 0.6 is 24.2 Å². The number of nitrogen functional groups attached to an aromatic ring is 1. The van der Waals surface area contributed by atoms with Crippen molar-refractivity contribution in [1.82, 2.24) is 0 Å². The molecule has 0 aliphatic carbocycles. The molecule has 1 aromatic rings. The summed E-state index contributed by atoms with van der Waals surface area (Å²) in [6.07, 6.45) is -4.24. The number of hydrogen-bond donors (Lipinski definition) is 1. The fourth-order valence-electron chi connectivity index (χ4n) is 0.984. The second-order valence-electron chi connectivity index (χ2n) is 3.04. The number of rotatable bonds is 2. The Labute approximate surface area is 101 Å². The lowest BCUT2D eigenvalue weighted by atomic mass is 10.2. The number of nitrogens with two attached hydrogens (primary N) is 1. The molecule has 0 heterocycles. The first-order valence-electron chi connectivity index (χ1n) is 4.05. The fraction of sp³-hybridized carbons (Fsp3) is 0.333. The van der Waals surface area contributed by atoms with E-state index < -0.39 is 17.7 Å². The third-order valence-electron chi connectivity index (χ3n) is 1.69. The third-order valence-corrected chi connectivity index (χ3v) is 2.91. The lowest BCUT2D eigenvalue weighted by molar-refractivity contribution is -0.105. The number of halogens is 5. The van der Waals surface area contributed by atoms with Crippen LogP contribution in [0.15, 0.2) is 17.0 Å². The molecule has 0 aliphatic heterocycles. The monoisotopic (exact) mass is 275 g/mol. The summed E-state index contributed by atoms with van der Waals surface area (Å²) in [4.78, 5) is 0.353. The minimum Gasteiger partial charge on any atom is -0.396 e. The summed E-state index contributed by atoms with van der Waals surface area (Å²) in [6, 6.07) is 2.36. The summed E-state index contributed by atoms with van der Waals surface area (Å²) in [7, 11) is 0. The largest absolute Gasteiger partial charge is 0.398 e. The zero-order valence-corrected chi connectivity index (χ0v) is 9.90. The molecule has 0 saturated heterocycles. The maximum absolute atomic E-state index is 12.9. The normalized spacial score (nSPS) is 11.1. The first-order valence-corrected chi connectivity index (χ1v) is 5.03. The van der Waals surface area contributed by atoms with Crippen molar-refractivity contribution in [3.05, 3.63) is 23.5 Å². The van der Waals surface area contributed by atoms with Crippen molar-refractivity contribution in [1.29, 1.82) is 0 Å². The van der Waals surface area contributed by atoms with Gasteiger partial charge in [-0.2, -0.15) is 13.2 Å². The molecule has 0 bridgehead atoms. The van der Waals surface area contributed by atoms with Crippen LogP contribution in [0.2, 0.25) is 0 Å². The number of thioether (sulfide) groups is 1. The molecule has 16 heavy (non-hydrogen) atoms. The quantitative estimate of drug-likeness (QED) is 0.505. The van der Waals surface area contributed by atoms with Crippen LogP contribution in [-0.2, 0) is 0 Å². The van der Waals surface area contributed by atoms with Crippen LogP contribution < -0.4 is 5.73 Å². The van der Waals surface area contributed by atoms with Gasteiger partial charge in [0, 0.05) is 4.90 Å². The minimum atomic E-state index is -4.24. The molecule has 1 aromatic carbocycles. The van der Waals surface area contributed by atoms with E-state index in [0.717, 1.165) is 6.07 Å². The molecular formula is C9H10ClF4NS. The number of hydrogen-bond acceptors (Lipinski definition) is 2. The predicted molar refractivity (Wildman–Crippen MR) is 59.6 cm³/mol. The first-order chi connectivity index (χ1) is 6.79. The van der Waals surface area contributed by atoms with Crippen LogP contribution in [0, 0.1) is 12.7 Å². The summed E-state index contributed by atoms with van der Waals surface area (Å²) in [5, 5.41) is 0. The Bertz CT molecular complexity index is 367. The maximum atomic E-state index is 12.9. The maximum Gasteiger partial charge on any atom is 0.398 e. The Morgan fingerprint density at radius 2 is 1.88 bits per heavy atom. The minimum absolute atomic E-state index is 0. The van der Waals surface area contributed by atoms with E-state index in [0.29, 0.717) is 22.2 Å². The van der Waals surface area contributed by atoms with Crippen molar-refractivity contribution in [2.45, 2.75) is 18.0 Å². The molecule has 0 spiro atoms. The molecule has 92 valence electrons. The first kappa shape index (κ1) is 15.4. The summed E-state index contributed by atoms with van der Waals surface area (Å²) in [5.74, 6) is -1.61. The van der Waals surface area contributed by atoms with Crippen molar-refractivity contribution in [3.8, 4) is 0 Å². The van der Waals surface area contributed by atoms with Crippen LogP contribution in [0.5, 0.6) is 0 Å². The van der Waals surface area contributed by atoms with Gasteiger partial charge in [0.1, 0.15) is 5.82 Å². The molecule has 0 amide bonds. The van der Waals surface area contributed by atoms with E-state index in [1.165, 1.54) is 6.07 Å². The summed E-state index contributed by atoms with van der Waals surface area (Å²) < 4.78 is 48.7. The van der Waals surface area contributed by atoms with Crippen LogP contribution in [-0.4, -0.2) is 11.9 Å². The SMILES string of the molecule is Cc1cc(F)c(N)cc1SCC(F)(F)F.Cl. The number of alkyl halides is 3. The van der Waals surface area contributed by atoms with Gasteiger partial charge in [0.15, 0.2) is 0 Å². The molecule has 0 unspecified atom stereocenters. The smallest absolute Gasteiger partial charge is 0.396 e. The zero-order valence-electron chi connectivity index (χ0n) is 8.27. The molecule has 1 nitrogen and oxygen atoms in total.